The minimum absolute atomic E-state index is 0.124. The van der Waals surface area contributed by atoms with Crippen LogP contribution >= 0.6 is 23.4 Å². The fourth-order valence-corrected chi connectivity index (χ4v) is 4.30. The number of rotatable bonds is 6. The molecule has 2 aromatic rings. The maximum atomic E-state index is 12.7. The van der Waals surface area contributed by atoms with Crippen LogP contribution in [0.3, 0.4) is 0 Å². The van der Waals surface area contributed by atoms with Crippen LogP contribution in [0.1, 0.15) is 49.4 Å². The van der Waals surface area contributed by atoms with E-state index in [0.717, 1.165) is 30.6 Å². The van der Waals surface area contributed by atoms with Gasteiger partial charge < -0.3 is 10.6 Å². The third-order valence-electron chi connectivity index (χ3n) is 4.87. The number of thioether (sulfide) groups is 1. The van der Waals surface area contributed by atoms with Crippen molar-refractivity contribution in [2.24, 2.45) is 0 Å². The summed E-state index contributed by atoms with van der Waals surface area (Å²) >= 11 is 7.36. The Morgan fingerprint density at radius 3 is 2.43 bits per heavy atom. The largest absolute Gasteiger partial charge is 0.349 e. The van der Waals surface area contributed by atoms with Crippen LogP contribution in [0.25, 0.3) is 0 Å². The van der Waals surface area contributed by atoms with Gasteiger partial charge in [-0.1, -0.05) is 43.0 Å². The Morgan fingerprint density at radius 1 is 1.04 bits per heavy atom. The zero-order valence-corrected chi connectivity index (χ0v) is 17.5. The third kappa shape index (κ3) is 5.76. The molecular weight excluding hydrogens is 392 g/mol. The van der Waals surface area contributed by atoms with Crippen LogP contribution in [-0.4, -0.2) is 23.1 Å². The van der Waals surface area contributed by atoms with Crippen LogP contribution in [0.4, 0.5) is 5.69 Å². The van der Waals surface area contributed by atoms with Crippen molar-refractivity contribution in [2.75, 3.05) is 5.32 Å². The first-order chi connectivity index (χ1) is 13.5. The number of hydrogen-bond donors (Lipinski definition) is 2. The summed E-state index contributed by atoms with van der Waals surface area (Å²) in [7, 11) is 0. The third-order valence-corrected chi connectivity index (χ3v) is 6.23. The fraction of sp³-hybridized carbons (Fsp3) is 0.364. The molecule has 3 rings (SSSR count). The number of para-hydroxylation sites is 1. The number of carbonyl (C=O) groups is 2. The molecule has 4 nitrogen and oxygen atoms in total. The number of hydrogen-bond acceptors (Lipinski definition) is 3. The van der Waals surface area contributed by atoms with Crippen molar-refractivity contribution in [3.05, 3.63) is 59.1 Å². The highest BCUT2D eigenvalue weighted by atomic mass is 35.5. The molecular formula is C22H25ClN2O2S. The first-order valence-electron chi connectivity index (χ1n) is 9.66. The van der Waals surface area contributed by atoms with Crippen molar-refractivity contribution >= 4 is 40.9 Å². The zero-order chi connectivity index (χ0) is 19.9. The number of carbonyl (C=O) groups excluding carboxylic acids is 2. The highest BCUT2D eigenvalue weighted by Gasteiger charge is 2.21. The van der Waals surface area contributed by atoms with E-state index in [1.165, 1.54) is 18.2 Å². The number of halogens is 1. The summed E-state index contributed by atoms with van der Waals surface area (Å²) in [5.41, 5.74) is 1.05. The Morgan fingerprint density at radius 2 is 1.71 bits per heavy atom. The standard InChI is InChI=1S/C22H25ClN2O2S/c1-15(28-18-13-11-16(23)12-14-18)21(26)25-20-10-6-5-9-19(20)22(27)24-17-7-3-2-4-8-17/h5-6,9-15,17H,2-4,7-8H2,1H3,(H,24,27)(H,25,26)/t15-/m0/s1. The van der Waals surface area contributed by atoms with E-state index in [1.807, 2.05) is 31.2 Å². The van der Waals surface area contributed by atoms with E-state index < -0.39 is 0 Å². The molecule has 1 aliphatic rings. The lowest BCUT2D eigenvalue weighted by Gasteiger charge is -2.23. The van der Waals surface area contributed by atoms with Crippen LogP contribution < -0.4 is 10.6 Å². The van der Waals surface area contributed by atoms with Crippen molar-refractivity contribution in [3.63, 3.8) is 0 Å². The number of benzene rings is 2. The first-order valence-corrected chi connectivity index (χ1v) is 10.9. The monoisotopic (exact) mass is 416 g/mol. The Bertz CT molecular complexity index is 820. The summed E-state index contributed by atoms with van der Waals surface area (Å²) < 4.78 is 0. The smallest absolute Gasteiger partial charge is 0.253 e. The number of anilines is 1. The Balaban J connectivity index is 1.63. The molecule has 0 heterocycles. The molecule has 1 fully saturated rings. The van der Waals surface area contributed by atoms with E-state index in [2.05, 4.69) is 10.6 Å². The molecule has 2 amide bonds. The lowest BCUT2D eigenvalue weighted by Crippen LogP contribution is -2.36. The van der Waals surface area contributed by atoms with Crippen molar-refractivity contribution in [3.8, 4) is 0 Å². The summed E-state index contributed by atoms with van der Waals surface area (Å²) in [5.74, 6) is -0.265. The lowest BCUT2D eigenvalue weighted by molar-refractivity contribution is -0.115. The topological polar surface area (TPSA) is 58.2 Å². The van der Waals surface area contributed by atoms with Gasteiger partial charge in [0.05, 0.1) is 16.5 Å². The van der Waals surface area contributed by atoms with Crippen LogP contribution in [0.15, 0.2) is 53.4 Å². The van der Waals surface area contributed by atoms with Gasteiger partial charge in [0.2, 0.25) is 5.91 Å². The Hall–Kier alpha value is -1.98. The van der Waals surface area contributed by atoms with Crippen LogP contribution in [0, 0.1) is 0 Å². The molecule has 1 atom stereocenters. The van der Waals surface area contributed by atoms with Crippen molar-refractivity contribution < 1.29 is 9.59 Å². The SMILES string of the molecule is C[C@H](Sc1ccc(Cl)cc1)C(=O)Nc1ccccc1C(=O)NC1CCCCC1. The van der Waals surface area contributed by atoms with Crippen molar-refractivity contribution in [2.45, 2.75) is 55.2 Å². The van der Waals surface area contributed by atoms with Gasteiger partial charge in [-0.2, -0.15) is 0 Å². The summed E-state index contributed by atoms with van der Waals surface area (Å²) in [4.78, 5) is 26.4. The molecule has 0 aromatic heterocycles. The van der Waals surface area contributed by atoms with Gasteiger partial charge in [-0.15, -0.1) is 11.8 Å². The molecule has 2 N–H and O–H groups in total. The minimum atomic E-state index is -0.310. The van der Waals surface area contributed by atoms with Gasteiger partial charge in [-0.3, -0.25) is 9.59 Å². The summed E-state index contributed by atoms with van der Waals surface area (Å²) in [6.45, 7) is 1.85. The fourth-order valence-electron chi connectivity index (χ4n) is 3.31. The Kier molecular flexibility index (Phi) is 7.40. The van der Waals surface area contributed by atoms with Gasteiger partial charge in [-0.25, -0.2) is 0 Å². The molecule has 0 saturated heterocycles. The van der Waals surface area contributed by atoms with Crippen molar-refractivity contribution in [1.82, 2.24) is 5.32 Å². The molecule has 28 heavy (non-hydrogen) atoms. The van der Waals surface area contributed by atoms with E-state index in [-0.39, 0.29) is 23.1 Å². The maximum Gasteiger partial charge on any atom is 0.253 e. The normalized spacial score (nSPS) is 15.6. The van der Waals surface area contributed by atoms with E-state index in [4.69, 9.17) is 11.6 Å². The average molecular weight is 417 g/mol. The van der Waals surface area contributed by atoms with E-state index in [1.54, 1.807) is 24.3 Å². The van der Waals surface area contributed by atoms with Gasteiger partial charge in [0.15, 0.2) is 0 Å². The van der Waals surface area contributed by atoms with Crippen molar-refractivity contribution in [1.29, 1.82) is 0 Å². The minimum Gasteiger partial charge on any atom is -0.349 e. The second-order valence-corrected chi connectivity index (χ2v) is 8.91. The molecule has 0 aliphatic heterocycles. The highest BCUT2D eigenvalue weighted by Crippen LogP contribution is 2.26. The second-order valence-electron chi connectivity index (χ2n) is 7.06. The summed E-state index contributed by atoms with van der Waals surface area (Å²) in [6, 6.07) is 14.8. The average Bonchev–Trinajstić information content (AvgIpc) is 2.70. The number of nitrogens with one attached hydrogen (secondary N) is 2. The van der Waals surface area contributed by atoms with Gasteiger partial charge in [0.1, 0.15) is 0 Å². The molecule has 1 saturated carbocycles. The zero-order valence-electron chi connectivity index (χ0n) is 15.9. The predicted molar refractivity (Wildman–Crippen MR) is 116 cm³/mol. The molecule has 2 aromatic carbocycles. The molecule has 0 unspecified atom stereocenters. The lowest BCUT2D eigenvalue weighted by atomic mass is 9.95. The van der Waals surface area contributed by atoms with Crippen LogP contribution in [0.2, 0.25) is 5.02 Å². The second kappa shape index (κ2) is 9.99. The number of amides is 2. The summed E-state index contributed by atoms with van der Waals surface area (Å²) in [6.07, 6.45) is 5.60. The van der Waals surface area contributed by atoms with Crippen LogP contribution in [-0.2, 0) is 4.79 Å². The summed E-state index contributed by atoms with van der Waals surface area (Å²) in [5, 5.41) is 6.39. The Labute approximate surface area is 175 Å². The predicted octanol–water partition coefficient (Wildman–Crippen LogP) is 5.52. The van der Waals surface area contributed by atoms with E-state index >= 15 is 0 Å². The quantitative estimate of drug-likeness (QED) is 0.609. The molecule has 0 spiro atoms. The highest BCUT2D eigenvalue weighted by molar-refractivity contribution is 8.00. The van der Waals surface area contributed by atoms with E-state index in [9.17, 15) is 9.59 Å². The van der Waals surface area contributed by atoms with Gasteiger partial charge in [-0.05, 0) is 56.2 Å². The first kappa shape index (κ1) is 20.7. The molecule has 0 radical (unpaired) electrons. The van der Waals surface area contributed by atoms with Gasteiger partial charge >= 0.3 is 0 Å². The molecule has 6 heteroatoms. The van der Waals surface area contributed by atoms with Crippen LogP contribution in [0.5, 0.6) is 0 Å². The molecule has 148 valence electrons. The molecule has 1 aliphatic carbocycles. The van der Waals surface area contributed by atoms with Gasteiger partial charge in [0.25, 0.3) is 5.91 Å². The maximum absolute atomic E-state index is 12.7. The van der Waals surface area contributed by atoms with Gasteiger partial charge in [0, 0.05) is 16.0 Å². The van der Waals surface area contributed by atoms with E-state index in [0.29, 0.717) is 16.3 Å². The molecule has 0 bridgehead atoms.